The average Bonchev–Trinajstić information content (AvgIpc) is 2.32. The number of aliphatic carboxylic acids is 1. The molecule has 0 unspecified atom stereocenters. The van der Waals surface area contributed by atoms with Crippen LogP contribution in [0.2, 0.25) is 0 Å². The molecule has 4 nitrogen and oxygen atoms in total. The van der Waals surface area contributed by atoms with E-state index < -0.39 is 5.97 Å². The number of hydrogen-bond donors (Lipinski definition) is 2. The molecule has 0 bridgehead atoms. The number of nitrogens with one attached hydrogen (secondary N) is 1. The van der Waals surface area contributed by atoms with Gasteiger partial charge >= 0.3 is 5.97 Å². The van der Waals surface area contributed by atoms with Crippen LogP contribution < -0.4 is 5.32 Å². The predicted octanol–water partition coefficient (Wildman–Crippen LogP) is 1.94. The van der Waals surface area contributed by atoms with Crippen molar-refractivity contribution in [3.05, 3.63) is 0 Å². The average molecular weight is 239 g/mol. The van der Waals surface area contributed by atoms with Crippen LogP contribution in [0.4, 0.5) is 0 Å². The SMILES string of the molecule is O=C(O)C[C@H]1CCC(=O)N[C@@H]1C1CCCCC1. The summed E-state index contributed by atoms with van der Waals surface area (Å²) in [4.78, 5) is 22.4. The Morgan fingerprint density at radius 2 is 1.94 bits per heavy atom. The highest BCUT2D eigenvalue weighted by molar-refractivity contribution is 5.77. The molecule has 0 aromatic heterocycles. The maximum absolute atomic E-state index is 11.5. The van der Waals surface area contributed by atoms with Crippen LogP contribution >= 0.6 is 0 Å². The summed E-state index contributed by atoms with van der Waals surface area (Å²) in [5.74, 6) is -0.0141. The molecule has 2 aliphatic rings. The fourth-order valence-corrected chi connectivity index (χ4v) is 3.32. The Kier molecular flexibility index (Phi) is 4.02. The minimum Gasteiger partial charge on any atom is -0.481 e. The van der Waals surface area contributed by atoms with Crippen molar-refractivity contribution in [2.45, 2.75) is 57.4 Å². The topological polar surface area (TPSA) is 66.4 Å². The van der Waals surface area contributed by atoms with E-state index in [1.54, 1.807) is 0 Å². The lowest BCUT2D eigenvalue weighted by molar-refractivity contribution is -0.140. The van der Waals surface area contributed by atoms with Crippen molar-refractivity contribution in [1.29, 1.82) is 0 Å². The number of carboxylic acid groups (broad SMARTS) is 1. The zero-order valence-electron chi connectivity index (χ0n) is 10.2. The first kappa shape index (κ1) is 12.4. The molecule has 0 radical (unpaired) electrons. The molecule has 0 aromatic carbocycles. The van der Waals surface area contributed by atoms with Crippen LogP contribution in [0.15, 0.2) is 0 Å². The van der Waals surface area contributed by atoms with Gasteiger partial charge in [0, 0.05) is 12.5 Å². The van der Waals surface area contributed by atoms with Crippen molar-refractivity contribution >= 4 is 11.9 Å². The van der Waals surface area contributed by atoms with E-state index in [0.29, 0.717) is 12.3 Å². The number of rotatable bonds is 3. The maximum atomic E-state index is 11.5. The van der Waals surface area contributed by atoms with Crippen molar-refractivity contribution < 1.29 is 14.7 Å². The Balaban J connectivity index is 2.01. The number of carbonyl (C=O) groups excluding carboxylic acids is 1. The second-order valence-electron chi connectivity index (χ2n) is 5.39. The summed E-state index contributed by atoms with van der Waals surface area (Å²) in [5.41, 5.74) is 0. The van der Waals surface area contributed by atoms with Gasteiger partial charge in [0.1, 0.15) is 0 Å². The Labute approximate surface area is 102 Å². The Morgan fingerprint density at radius 3 is 2.59 bits per heavy atom. The summed E-state index contributed by atoms with van der Waals surface area (Å²) >= 11 is 0. The third-order valence-electron chi connectivity index (χ3n) is 4.17. The fraction of sp³-hybridized carbons (Fsp3) is 0.846. The zero-order valence-corrected chi connectivity index (χ0v) is 10.2. The third kappa shape index (κ3) is 3.20. The van der Waals surface area contributed by atoms with E-state index in [4.69, 9.17) is 5.11 Å². The van der Waals surface area contributed by atoms with Gasteiger partial charge in [-0.25, -0.2) is 0 Å². The Hall–Kier alpha value is -1.06. The fourth-order valence-electron chi connectivity index (χ4n) is 3.32. The second-order valence-corrected chi connectivity index (χ2v) is 5.39. The highest BCUT2D eigenvalue weighted by atomic mass is 16.4. The first-order chi connectivity index (χ1) is 8.16. The Bertz CT molecular complexity index is 297. The molecule has 2 atom stereocenters. The van der Waals surface area contributed by atoms with Crippen LogP contribution in [-0.4, -0.2) is 23.0 Å². The van der Waals surface area contributed by atoms with Gasteiger partial charge in [-0.05, 0) is 31.1 Å². The number of amides is 1. The van der Waals surface area contributed by atoms with Gasteiger partial charge in [0.25, 0.3) is 0 Å². The van der Waals surface area contributed by atoms with E-state index in [0.717, 1.165) is 19.3 Å². The molecule has 1 saturated carbocycles. The normalized spacial score (nSPS) is 30.9. The summed E-state index contributed by atoms with van der Waals surface area (Å²) < 4.78 is 0. The number of hydrogen-bond acceptors (Lipinski definition) is 2. The molecule has 2 fully saturated rings. The van der Waals surface area contributed by atoms with Gasteiger partial charge in [-0.15, -0.1) is 0 Å². The van der Waals surface area contributed by atoms with E-state index in [-0.39, 0.29) is 24.3 Å². The van der Waals surface area contributed by atoms with Crippen molar-refractivity contribution in [1.82, 2.24) is 5.32 Å². The molecule has 2 N–H and O–H groups in total. The molecular weight excluding hydrogens is 218 g/mol. The molecule has 0 spiro atoms. The van der Waals surface area contributed by atoms with E-state index >= 15 is 0 Å². The van der Waals surface area contributed by atoms with Gasteiger partial charge in [-0.3, -0.25) is 9.59 Å². The lowest BCUT2D eigenvalue weighted by atomic mass is 9.74. The van der Waals surface area contributed by atoms with Gasteiger partial charge in [0.05, 0.1) is 6.42 Å². The van der Waals surface area contributed by atoms with Gasteiger partial charge in [-0.1, -0.05) is 19.3 Å². The molecule has 1 amide bonds. The van der Waals surface area contributed by atoms with Crippen molar-refractivity contribution in [3.8, 4) is 0 Å². The van der Waals surface area contributed by atoms with Crippen molar-refractivity contribution in [3.63, 3.8) is 0 Å². The standard InChI is InChI=1S/C13H21NO3/c15-11-7-6-10(8-12(16)17)13(14-11)9-4-2-1-3-5-9/h9-10,13H,1-8H2,(H,14,15)(H,16,17)/t10-,13-/m1/s1. The summed E-state index contributed by atoms with van der Waals surface area (Å²) in [6, 6.07) is 0.104. The number of carbonyl (C=O) groups is 2. The first-order valence-corrected chi connectivity index (χ1v) is 6.68. The van der Waals surface area contributed by atoms with Crippen LogP contribution in [0, 0.1) is 11.8 Å². The van der Waals surface area contributed by atoms with Crippen LogP contribution in [0.3, 0.4) is 0 Å². The lowest BCUT2D eigenvalue weighted by Gasteiger charge is -2.38. The van der Waals surface area contributed by atoms with Crippen molar-refractivity contribution in [2.24, 2.45) is 11.8 Å². The summed E-state index contributed by atoms with van der Waals surface area (Å²) in [5, 5.41) is 12.0. The number of piperidine rings is 1. The summed E-state index contributed by atoms with van der Waals surface area (Å²) in [6.07, 6.45) is 7.42. The third-order valence-corrected chi connectivity index (χ3v) is 4.17. The van der Waals surface area contributed by atoms with E-state index in [2.05, 4.69) is 5.32 Å². The highest BCUT2D eigenvalue weighted by Crippen LogP contribution is 2.34. The maximum Gasteiger partial charge on any atom is 0.303 e. The van der Waals surface area contributed by atoms with E-state index in [1.165, 1.54) is 19.3 Å². The van der Waals surface area contributed by atoms with Gasteiger partial charge < -0.3 is 10.4 Å². The second kappa shape index (κ2) is 5.52. The Morgan fingerprint density at radius 1 is 1.24 bits per heavy atom. The zero-order chi connectivity index (χ0) is 12.3. The van der Waals surface area contributed by atoms with Crippen LogP contribution in [0.1, 0.15) is 51.4 Å². The molecular formula is C13H21NO3. The van der Waals surface area contributed by atoms with E-state index in [1.807, 2.05) is 0 Å². The highest BCUT2D eigenvalue weighted by Gasteiger charge is 2.35. The first-order valence-electron chi connectivity index (χ1n) is 6.68. The largest absolute Gasteiger partial charge is 0.481 e. The smallest absolute Gasteiger partial charge is 0.303 e. The molecule has 4 heteroatoms. The molecule has 1 aliphatic heterocycles. The molecule has 1 aliphatic carbocycles. The van der Waals surface area contributed by atoms with Crippen LogP contribution in [0.5, 0.6) is 0 Å². The van der Waals surface area contributed by atoms with Crippen molar-refractivity contribution in [2.75, 3.05) is 0 Å². The number of carboxylic acids is 1. The minimum atomic E-state index is -0.744. The van der Waals surface area contributed by atoms with Gasteiger partial charge in [0.15, 0.2) is 0 Å². The predicted molar refractivity (Wildman–Crippen MR) is 63.5 cm³/mol. The van der Waals surface area contributed by atoms with Crippen LogP contribution in [-0.2, 0) is 9.59 Å². The van der Waals surface area contributed by atoms with Gasteiger partial charge in [-0.2, -0.15) is 0 Å². The molecule has 1 saturated heterocycles. The summed E-state index contributed by atoms with van der Waals surface area (Å²) in [7, 11) is 0. The van der Waals surface area contributed by atoms with Gasteiger partial charge in [0.2, 0.25) is 5.91 Å². The quantitative estimate of drug-likeness (QED) is 0.791. The monoisotopic (exact) mass is 239 g/mol. The molecule has 96 valence electrons. The molecule has 0 aromatic rings. The van der Waals surface area contributed by atoms with E-state index in [9.17, 15) is 9.59 Å². The molecule has 2 rings (SSSR count). The van der Waals surface area contributed by atoms with Crippen LogP contribution in [0.25, 0.3) is 0 Å². The summed E-state index contributed by atoms with van der Waals surface area (Å²) in [6.45, 7) is 0. The molecule has 17 heavy (non-hydrogen) atoms. The lowest BCUT2D eigenvalue weighted by Crippen LogP contribution is -2.50. The minimum absolute atomic E-state index is 0.0993. The molecule has 1 heterocycles.